The van der Waals surface area contributed by atoms with Gasteiger partial charge in [0.2, 0.25) is 5.88 Å². The molecule has 2 heterocycles. The van der Waals surface area contributed by atoms with E-state index in [1.165, 1.54) is 0 Å². The molecule has 0 saturated carbocycles. The van der Waals surface area contributed by atoms with E-state index >= 15 is 0 Å². The molecule has 0 aliphatic rings. The number of ether oxygens (including phenoxy) is 1. The second-order valence-electron chi connectivity index (χ2n) is 6.74. The summed E-state index contributed by atoms with van der Waals surface area (Å²) in [5, 5.41) is 4.23. The van der Waals surface area contributed by atoms with Gasteiger partial charge in [-0.1, -0.05) is 41.4 Å². The van der Waals surface area contributed by atoms with E-state index in [2.05, 4.69) is 15.3 Å². The first-order valence-corrected chi connectivity index (χ1v) is 9.94. The molecule has 0 bridgehead atoms. The maximum atomic E-state index is 12.9. The van der Waals surface area contributed by atoms with Gasteiger partial charge in [-0.25, -0.2) is 4.98 Å². The van der Waals surface area contributed by atoms with Gasteiger partial charge in [-0.3, -0.25) is 9.78 Å². The Labute approximate surface area is 183 Å². The number of aromatic nitrogens is 2. The number of carbonyl (C=O) groups excluding carboxylic acids is 1. The third kappa shape index (κ3) is 3.82. The number of amides is 1. The van der Waals surface area contributed by atoms with Crippen LogP contribution in [0, 0.1) is 13.8 Å². The molecule has 1 N–H and O–H groups in total. The molecule has 0 aliphatic carbocycles. The lowest BCUT2D eigenvalue weighted by molar-refractivity contribution is 0.102. The standard InChI is InChI=1S/C23H17Cl2N3O2/c1-13-9-10-17(28-23(29)20-15(24)6-5-7-16(20)25)21-19(13)22(14(2)12-27-21)30-18-8-3-4-11-26-18/h3-12H,1-2H3,(H,28,29). The molecule has 2 aromatic heterocycles. The van der Waals surface area contributed by atoms with Crippen LogP contribution in [0.25, 0.3) is 10.9 Å². The molecule has 1 amide bonds. The largest absolute Gasteiger partial charge is 0.438 e. The summed E-state index contributed by atoms with van der Waals surface area (Å²) in [6, 6.07) is 14.1. The van der Waals surface area contributed by atoms with Crippen molar-refractivity contribution in [2.75, 3.05) is 5.32 Å². The number of benzene rings is 2. The number of carbonyl (C=O) groups is 1. The average molecular weight is 438 g/mol. The van der Waals surface area contributed by atoms with Crippen LogP contribution in [-0.4, -0.2) is 15.9 Å². The summed E-state index contributed by atoms with van der Waals surface area (Å²) in [5.74, 6) is 0.707. The average Bonchev–Trinajstić information content (AvgIpc) is 2.72. The highest BCUT2D eigenvalue weighted by atomic mass is 35.5. The van der Waals surface area contributed by atoms with Crippen molar-refractivity contribution < 1.29 is 9.53 Å². The summed E-state index contributed by atoms with van der Waals surface area (Å²) in [4.78, 5) is 21.7. The summed E-state index contributed by atoms with van der Waals surface area (Å²) >= 11 is 12.4. The van der Waals surface area contributed by atoms with E-state index < -0.39 is 5.91 Å². The summed E-state index contributed by atoms with van der Waals surface area (Å²) < 4.78 is 6.08. The molecule has 4 rings (SSSR count). The Morgan fingerprint density at radius 1 is 0.933 bits per heavy atom. The first-order valence-electron chi connectivity index (χ1n) is 9.19. The van der Waals surface area contributed by atoms with Gasteiger partial charge in [0.15, 0.2) is 0 Å². The number of fused-ring (bicyclic) bond motifs is 1. The monoisotopic (exact) mass is 437 g/mol. The third-order valence-electron chi connectivity index (χ3n) is 4.64. The Kier molecular flexibility index (Phi) is 5.57. The van der Waals surface area contributed by atoms with Crippen LogP contribution in [0.2, 0.25) is 10.0 Å². The maximum absolute atomic E-state index is 12.9. The van der Waals surface area contributed by atoms with Crippen molar-refractivity contribution in [1.29, 1.82) is 0 Å². The minimum absolute atomic E-state index is 0.214. The van der Waals surface area contributed by atoms with Crippen molar-refractivity contribution in [3.05, 3.63) is 87.7 Å². The quantitative estimate of drug-likeness (QED) is 0.390. The number of halogens is 2. The van der Waals surface area contributed by atoms with Gasteiger partial charge in [0.05, 0.1) is 26.8 Å². The van der Waals surface area contributed by atoms with Crippen LogP contribution in [0.3, 0.4) is 0 Å². The summed E-state index contributed by atoms with van der Waals surface area (Å²) in [7, 11) is 0. The predicted molar refractivity (Wildman–Crippen MR) is 120 cm³/mol. The van der Waals surface area contributed by atoms with E-state index in [0.717, 1.165) is 16.5 Å². The number of nitrogens with zero attached hydrogens (tertiary/aromatic N) is 2. The van der Waals surface area contributed by atoms with Crippen molar-refractivity contribution in [3.8, 4) is 11.6 Å². The Morgan fingerprint density at radius 3 is 2.40 bits per heavy atom. The Bertz CT molecular complexity index is 1240. The van der Waals surface area contributed by atoms with E-state index in [1.54, 1.807) is 42.7 Å². The lowest BCUT2D eigenvalue weighted by Crippen LogP contribution is -2.14. The van der Waals surface area contributed by atoms with Crippen LogP contribution < -0.4 is 10.1 Å². The van der Waals surface area contributed by atoms with Gasteiger partial charge >= 0.3 is 0 Å². The molecular weight excluding hydrogens is 421 g/mol. The van der Waals surface area contributed by atoms with Gasteiger partial charge in [-0.05, 0) is 43.7 Å². The Morgan fingerprint density at radius 2 is 1.70 bits per heavy atom. The van der Waals surface area contributed by atoms with Gasteiger partial charge in [0.25, 0.3) is 5.91 Å². The number of hydrogen-bond donors (Lipinski definition) is 1. The topological polar surface area (TPSA) is 64.1 Å². The molecule has 2 aromatic carbocycles. The molecule has 150 valence electrons. The normalized spacial score (nSPS) is 10.8. The van der Waals surface area contributed by atoms with Crippen LogP contribution in [0.4, 0.5) is 5.69 Å². The highest BCUT2D eigenvalue weighted by Crippen LogP contribution is 2.37. The SMILES string of the molecule is Cc1cnc2c(NC(=O)c3c(Cl)cccc3Cl)ccc(C)c2c1Oc1ccccn1. The van der Waals surface area contributed by atoms with Gasteiger partial charge in [-0.15, -0.1) is 0 Å². The number of hydrogen-bond acceptors (Lipinski definition) is 4. The second kappa shape index (κ2) is 8.30. The number of nitrogens with one attached hydrogen (secondary N) is 1. The molecular formula is C23H17Cl2N3O2. The van der Waals surface area contributed by atoms with Gasteiger partial charge in [0.1, 0.15) is 5.75 Å². The molecule has 0 atom stereocenters. The van der Waals surface area contributed by atoms with Crippen molar-refractivity contribution >= 4 is 45.7 Å². The molecule has 5 nitrogen and oxygen atoms in total. The lowest BCUT2D eigenvalue weighted by atomic mass is 10.0. The molecule has 0 saturated heterocycles. The summed E-state index contributed by atoms with van der Waals surface area (Å²) in [6.07, 6.45) is 3.37. The summed E-state index contributed by atoms with van der Waals surface area (Å²) in [6.45, 7) is 3.88. The Balaban J connectivity index is 1.80. The van der Waals surface area contributed by atoms with Crippen LogP contribution in [-0.2, 0) is 0 Å². The fourth-order valence-electron chi connectivity index (χ4n) is 3.17. The first-order chi connectivity index (χ1) is 14.5. The minimum Gasteiger partial charge on any atom is -0.438 e. The number of aryl methyl sites for hydroxylation is 2. The van der Waals surface area contributed by atoms with Crippen LogP contribution in [0.15, 0.2) is 60.9 Å². The number of anilines is 1. The van der Waals surface area contributed by atoms with Crippen molar-refractivity contribution in [2.45, 2.75) is 13.8 Å². The third-order valence-corrected chi connectivity index (χ3v) is 5.27. The van der Waals surface area contributed by atoms with Gasteiger partial charge in [-0.2, -0.15) is 0 Å². The molecule has 0 radical (unpaired) electrons. The van der Waals surface area contributed by atoms with E-state index in [-0.39, 0.29) is 15.6 Å². The summed E-state index contributed by atoms with van der Waals surface area (Å²) in [5.41, 5.74) is 3.16. The molecule has 0 unspecified atom stereocenters. The smallest absolute Gasteiger partial charge is 0.258 e. The lowest BCUT2D eigenvalue weighted by Gasteiger charge is -2.16. The Hall–Kier alpha value is -3.15. The minimum atomic E-state index is -0.412. The maximum Gasteiger partial charge on any atom is 0.258 e. The van der Waals surface area contributed by atoms with Crippen LogP contribution in [0.5, 0.6) is 11.6 Å². The van der Waals surface area contributed by atoms with E-state index in [1.807, 2.05) is 32.0 Å². The second-order valence-corrected chi connectivity index (χ2v) is 7.56. The highest BCUT2D eigenvalue weighted by molar-refractivity contribution is 6.40. The molecule has 0 fully saturated rings. The molecule has 30 heavy (non-hydrogen) atoms. The van der Waals surface area contributed by atoms with Gasteiger partial charge < -0.3 is 10.1 Å². The molecule has 4 aromatic rings. The van der Waals surface area contributed by atoms with Gasteiger partial charge in [0, 0.05) is 29.4 Å². The zero-order valence-corrected chi connectivity index (χ0v) is 17.8. The fourth-order valence-corrected chi connectivity index (χ4v) is 3.74. The van der Waals surface area contributed by atoms with E-state index in [4.69, 9.17) is 27.9 Å². The van der Waals surface area contributed by atoms with Crippen LogP contribution >= 0.6 is 23.2 Å². The first kappa shape index (κ1) is 20.1. The fraction of sp³-hybridized carbons (Fsp3) is 0.0870. The molecule has 7 heteroatoms. The van der Waals surface area contributed by atoms with Crippen molar-refractivity contribution in [3.63, 3.8) is 0 Å². The van der Waals surface area contributed by atoms with E-state index in [9.17, 15) is 4.79 Å². The molecule has 0 spiro atoms. The zero-order valence-electron chi connectivity index (χ0n) is 16.2. The van der Waals surface area contributed by atoms with Crippen molar-refractivity contribution in [2.24, 2.45) is 0 Å². The zero-order chi connectivity index (χ0) is 21.3. The van der Waals surface area contributed by atoms with E-state index in [0.29, 0.717) is 22.8 Å². The highest BCUT2D eigenvalue weighted by Gasteiger charge is 2.19. The van der Waals surface area contributed by atoms with Crippen molar-refractivity contribution in [1.82, 2.24) is 9.97 Å². The molecule has 0 aliphatic heterocycles. The predicted octanol–water partition coefficient (Wildman–Crippen LogP) is 6.60. The van der Waals surface area contributed by atoms with Crippen LogP contribution in [0.1, 0.15) is 21.5 Å². The number of rotatable bonds is 4. The number of pyridine rings is 2.